The smallest absolute Gasteiger partial charge is 0.258 e. The number of ether oxygens (including phenoxy) is 2. The van der Waals surface area contributed by atoms with E-state index in [1.807, 2.05) is 60.7 Å². The molecule has 5 rings (SSSR count). The molecule has 1 saturated heterocycles. The number of fused-ring (bicyclic) bond motifs is 3. The van der Waals surface area contributed by atoms with Crippen LogP contribution in [0.25, 0.3) is 0 Å². The van der Waals surface area contributed by atoms with E-state index in [4.69, 9.17) is 9.47 Å². The van der Waals surface area contributed by atoms with E-state index in [0.29, 0.717) is 36.6 Å². The molecule has 2 aliphatic rings. The van der Waals surface area contributed by atoms with Gasteiger partial charge in [-0.1, -0.05) is 54.6 Å². The van der Waals surface area contributed by atoms with Crippen molar-refractivity contribution in [3.8, 4) is 11.5 Å². The second-order valence-corrected chi connectivity index (χ2v) is 8.03. The predicted molar refractivity (Wildman–Crippen MR) is 121 cm³/mol. The third-order valence-corrected chi connectivity index (χ3v) is 6.05. The van der Waals surface area contributed by atoms with E-state index >= 15 is 0 Å². The van der Waals surface area contributed by atoms with Gasteiger partial charge in [0, 0.05) is 6.42 Å². The molecule has 2 bridgehead atoms. The molecule has 3 aromatic rings. The maximum atomic E-state index is 13.9. The second-order valence-electron chi connectivity index (χ2n) is 8.03. The zero-order valence-corrected chi connectivity index (χ0v) is 17.8. The van der Waals surface area contributed by atoms with Crippen LogP contribution < -0.4 is 14.4 Å². The van der Waals surface area contributed by atoms with Crippen LogP contribution in [0, 0.1) is 0 Å². The fourth-order valence-corrected chi connectivity index (χ4v) is 4.50. The van der Waals surface area contributed by atoms with Crippen molar-refractivity contribution >= 4 is 17.5 Å². The van der Waals surface area contributed by atoms with Crippen LogP contribution in [0.1, 0.15) is 22.3 Å². The first-order valence-electron chi connectivity index (χ1n) is 10.7. The minimum absolute atomic E-state index is 0.102. The van der Waals surface area contributed by atoms with E-state index in [2.05, 4.69) is 0 Å². The van der Waals surface area contributed by atoms with Gasteiger partial charge in [-0.3, -0.25) is 9.59 Å². The molecular weight excluding hydrogens is 404 g/mol. The Kier molecular flexibility index (Phi) is 5.27. The van der Waals surface area contributed by atoms with Crippen molar-refractivity contribution in [1.82, 2.24) is 4.90 Å². The lowest BCUT2D eigenvalue weighted by Gasteiger charge is -2.32. The Labute approximate surface area is 187 Å². The lowest BCUT2D eigenvalue weighted by molar-refractivity contribution is -0.122. The van der Waals surface area contributed by atoms with E-state index in [-0.39, 0.29) is 17.9 Å². The number of hydrogen-bond acceptors (Lipinski definition) is 4. The quantitative estimate of drug-likeness (QED) is 0.632. The summed E-state index contributed by atoms with van der Waals surface area (Å²) in [5.74, 6) is 0.826. The summed E-state index contributed by atoms with van der Waals surface area (Å²) in [5.41, 5.74) is 2.18. The van der Waals surface area contributed by atoms with Gasteiger partial charge in [-0.25, -0.2) is 0 Å². The third kappa shape index (κ3) is 3.58. The number of carbonyl (C=O) groups is 2. The van der Waals surface area contributed by atoms with E-state index in [0.717, 1.165) is 11.3 Å². The summed E-state index contributed by atoms with van der Waals surface area (Å²) < 4.78 is 11.7. The summed E-state index contributed by atoms with van der Waals surface area (Å²) in [5, 5.41) is 0. The Hall–Kier alpha value is -3.80. The highest BCUT2D eigenvalue weighted by Crippen LogP contribution is 2.37. The Bertz CT molecular complexity index is 1150. The van der Waals surface area contributed by atoms with Gasteiger partial charge >= 0.3 is 0 Å². The van der Waals surface area contributed by atoms with Crippen molar-refractivity contribution in [2.75, 3.05) is 18.6 Å². The summed E-state index contributed by atoms with van der Waals surface area (Å²) in [7, 11) is 1.54. The minimum atomic E-state index is -0.602. The summed E-state index contributed by atoms with van der Waals surface area (Å²) in [6.45, 7) is 0.749. The van der Waals surface area contributed by atoms with Crippen LogP contribution in [0.15, 0.2) is 78.9 Å². The summed E-state index contributed by atoms with van der Waals surface area (Å²) in [4.78, 5) is 30.7. The maximum absolute atomic E-state index is 13.9. The highest BCUT2D eigenvalue weighted by molar-refractivity contribution is 6.04. The molecule has 162 valence electrons. The van der Waals surface area contributed by atoms with Crippen LogP contribution in [-0.2, 0) is 11.3 Å². The normalized spacial score (nSPS) is 19.6. The van der Waals surface area contributed by atoms with Crippen LogP contribution in [-0.4, -0.2) is 42.5 Å². The van der Waals surface area contributed by atoms with Gasteiger partial charge < -0.3 is 19.3 Å². The van der Waals surface area contributed by atoms with Crippen molar-refractivity contribution < 1.29 is 19.1 Å². The number of anilines is 1. The number of methoxy groups -OCH3 is 1. The standard InChI is InChI=1S/C26H24N2O4/c1-31-23-13-7-5-11-20(23)25(29)28-17-19-15-22(28)26(30)27(16-18-9-3-2-4-10-18)21-12-6-8-14-24(21)32-19/h2-14,19,22H,15-17H2,1H3/t19-,22-/m0/s1. The maximum Gasteiger partial charge on any atom is 0.258 e. The molecule has 1 fully saturated rings. The highest BCUT2D eigenvalue weighted by Gasteiger charge is 2.45. The van der Waals surface area contributed by atoms with E-state index in [1.54, 1.807) is 28.0 Å². The predicted octanol–water partition coefficient (Wildman–Crippen LogP) is 3.90. The van der Waals surface area contributed by atoms with Crippen LogP contribution in [0.5, 0.6) is 11.5 Å². The van der Waals surface area contributed by atoms with Crippen molar-refractivity contribution in [3.63, 3.8) is 0 Å². The number of benzene rings is 3. The van der Waals surface area contributed by atoms with Gasteiger partial charge in [0.1, 0.15) is 23.6 Å². The topological polar surface area (TPSA) is 59.1 Å². The molecule has 0 spiro atoms. The molecule has 0 unspecified atom stereocenters. The van der Waals surface area contributed by atoms with E-state index in [1.165, 1.54) is 7.11 Å². The van der Waals surface area contributed by atoms with E-state index in [9.17, 15) is 9.59 Å². The molecule has 2 amide bonds. The molecular formula is C26H24N2O4. The fraction of sp³-hybridized carbons (Fsp3) is 0.231. The number of carbonyl (C=O) groups excluding carboxylic acids is 2. The highest BCUT2D eigenvalue weighted by atomic mass is 16.5. The number of amides is 2. The molecule has 32 heavy (non-hydrogen) atoms. The van der Waals surface area contributed by atoms with Gasteiger partial charge in [0.25, 0.3) is 5.91 Å². The fourth-order valence-electron chi connectivity index (χ4n) is 4.50. The Morgan fingerprint density at radius 3 is 2.53 bits per heavy atom. The molecule has 2 atom stereocenters. The molecule has 3 aromatic carbocycles. The number of likely N-dealkylation sites (tertiary alicyclic amines) is 1. The first-order chi connectivity index (χ1) is 15.7. The second kappa shape index (κ2) is 8.38. The van der Waals surface area contributed by atoms with E-state index < -0.39 is 6.04 Å². The largest absolute Gasteiger partial charge is 0.496 e. The minimum Gasteiger partial charge on any atom is -0.496 e. The van der Waals surface area contributed by atoms with Gasteiger partial charge in [0.15, 0.2) is 0 Å². The molecule has 6 nitrogen and oxygen atoms in total. The number of hydrogen-bond donors (Lipinski definition) is 0. The number of para-hydroxylation sites is 3. The summed E-state index contributed by atoms with van der Waals surface area (Å²) in [6.07, 6.45) is 0.210. The monoisotopic (exact) mass is 428 g/mol. The van der Waals surface area contributed by atoms with Crippen molar-refractivity contribution in [2.45, 2.75) is 25.1 Å². The first-order valence-corrected chi connectivity index (χ1v) is 10.7. The van der Waals surface area contributed by atoms with Gasteiger partial charge in [0.05, 0.1) is 31.5 Å². The SMILES string of the molecule is COc1ccccc1C(=O)N1C[C@@H]2C[C@H]1C(=O)N(Cc1ccccc1)c1ccccc1O2. The number of nitrogens with zero attached hydrogens (tertiary/aromatic N) is 2. The zero-order valence-electron chi connectivity index (χ0n) is 17.8. The molecule has 0 aliphatic carbocycles. The van der Waals surface area contributed by atoms with Crippen molar-refractivity contribution in [1.29, 1.82) is 0 Å². The van der Waals surface area contributed by atoms with Crippen molar-refractivity contribution in [2.24, 2.45) is 0 Å². The number of rotatable bonds is 4. The molecule has 6 heteroatoms. The third-order valence-electron chi connectivity index (χ3n) is 6.05. The van der Waals surface area contributed by atoms with Crippen LogP contribution in [0.4, 0.5) is 5.69 Å². The average molecular weight is 428 g/mol. The van der Waals surface area contributed by atoms with Gasteiger partial charge in [-0.15, -0.1) is 0 Å². The van der Waals surface area contributed by atoms with Crippen molar-refractivity contribution in [3.05, 3.63) is 90.0 Å². The average Bonchev–Trinajstić information content (AvgIpc) is 3.27. The summed E-state index contributed by atoms with van der Waals surface area (Å²) in [6, 6.07) is 23.9. The Morgan fingerprint density at radius 1 is 1.00 bits per heavy atom. The first kappa shape index (κ1) is 20.1. The van der Waals surface area contributed by atoms with Gasteiger partial charge in [0.2, 0.25) is 5.91 Å². The van der Waals surface area contributed by atoms with Crippen LogP contribution in [0.2, 0.25) is 0 Å². The zero-order chi connectivity index (χ0) is 22.1. The summed E-state index contributed by atoms with van der Waals surface area (Å²) >= 11 is 0. The molecule has 2 heterocycles. The molecule has 0 N–H and O–H groups in total. The Morgan fingerprint density at radius 2 is 1.72 bits per heavy atom. The lowest BCUT2D eigenvalue weighted by Crippen LogP contribution is -2.48. The Balaban J connectivity index is 1.53. The molecule has 0 saturated carbocycles. The lowest BCUT2D eigenvalue weighted by atomic mass is 10.1. The van der Waals surface area contributed by atoms with Gasteiger partial charge in [-0.2, -0.15) is 0 Å². The molecule has 2 aliphatic heterocycles. The molecule has 0 radical (unpaired) electrons. The van der Waals surface area contributed by atoms with Crippen LogP contribution in [0.3, 0.4) is 0 Å². The molecule has 0 aromatic heterocycles. The van der Waals surface area contributed by atoms with Crippen LogP contribution >= 0.6 is 0 Å². The van der Waals surface area contributed by atoms with Gasteiger partial charge in [-0.05, 0) is 29.8 Å².